The van der Waals surface area contributed by atoms with Gasteiger partial charge in [0.15, 0.2) is 5.78 Å². The zero-order valence-corrected chi connectivity index (χ0v) is 6.77. The lowest BCUT2D eigenvalue weighted by Gasteiger charge is -2.43. The van der Waals surface area contributed by atoms with Crippen molar-refractivity contribution in [2.24, 2.45) is 5.41 Å². The molecule has 0 saturated heterocycles. The summed E-state index contributed by atoms with van der Waals surface area (Å²) in [7, 11) is 0. The molecule has 1 N–H and O–H groups in total. The summed E-state index contributed by atoms with van der Waals surface area (Å²) in [4.78, 5) is 11.0. The van der Waals surface area contributed by atoms with Gasteiger partial charge in [-0.1, -0.05) is 6.42 Å². The van der Waals surface area contributed by atoms with Crippen LogP contribution in [0.4, 0.5) is 4.39 Å². The first kappa shape index (κ1) is 7.77. The summed E-state index contributed by atoms with van der Waals surface area (Å²) in [5.41, 5.74) is -0.0727. The Morgan fingerprint density at radius 1 is 1.33 bits per heavy atom. The molecule has 0 aromatic carbocycles. The summed E-state index contributed by atoms with van der Waals surface area (Å²) >= 11 is 0. The number of halogens is 1. The lowest BCUT2D eigenvalue weighted by atomic mass is 9.61. The van der Waals surface area contributed by atoms with Crippen LogP contribution in [0.2, 0.25) is 0 Å². The van der Waals surface area contributed by atoms with Gasteiger partial charge in [0.2, 0.25) is 5.83 Å². The third-order valence-electron chi connectivity index (χ3n) is 2.99. The van der Waals surface area contributed by atoms with Crippen molar-refractivity contribution in [3.63, 3.8) is 0 Å². The van der Waals surface area contributed by atoms with Crippen LogP contribution in [-0.2, 0) is 4.79 Å². The van der Waals surface area contributed by atoms with Gasteiger partial charge in [-0.25, -0.2) is 0 Å². The van der Waals surface area contributed by atoms with E-state index in [2.05, 4.69) is 0 Å². The highest BCUT2D eigenvalue weighted by Gasteiger charge is 2.44. The molecule has 0 heterocycles. The topological polar surface area (TPSA) is 37.3 Å². The first-order valence-electron chi connectivity index (χ1n) is 4.24. The molecule has 0 aromatic heterocycles. The van der Waals surface area contributed by atoms with Gasteiger partial charge in [0.25, 0.3) is 0 Å². The lowest BCUT2D eigenvalue weighted by molar-refractivity contribution is -0.122. The molecule has 0 amide bonds. The number of carbonyl (C=O) groups is 1. The Hall–Kier alpha value is -0.860. The van der Waals surface area contributed by atoms with E-state index in [4.69, 9.17) is 5.11 Å². The molecule has 12 heavy (non-hydrogen) atoms. The van der Waals surface area contributed by atoms with Gasteiger partial charge in [0.05, 0.1) is 0 Å². The maximum atomic E-state index is 12.8. The van der Waals surface area contributed by atoms with Crippen molar-refractivity contribution in [3.8, 4) is 0 Å². The van der Waals surface area contributed by atoms with Gasteiger partial charge in [-0.3, -0.25) is 4.79 Å². The minimum atomic E-state index is -0.910. The van der Waals surface area contributed by atoms with Crippen molar-refractivity contribution in [1.82, 2.24) is 0 Å². The minimum absolute atomic E-state index is 0.0727. The molecule has 0 aromatic rings. The van der Waals surface area contributed by atoms with E-state index in [1.807, 2.05) is 0 Å². The summed E-state index contributed by atoms with van der Waals surface area (Å²) in [6, 6.07) is 0. The van der Waals surface area contributed by atoms with Crippen LogP contribution in [0.5, 0.6) is 0 Å². The van der Waals surface area contributed by atoms with Crippen molar-refractivity contribution < 1.29 is 14.3 Å². The SMILES string of the molecule is O=C1CC2(CCC2)CC(O)=C1F. The van der Waals surface area contributed by atoms with Crippen LogP contribution >= 0.6 is 0 Å². The Kier molecular flexibility index (Phi) is 1.50. The molecular formula is C9H11FO2. The van der Waals surface area contributed by atoms with Gasteiger partial charge < -0.3 is 5.11 Å². The normalized spacial score (nSPS) is 27.6. The molecule has 0 unspecified atom stereocenters. The van der Waals surface area contributed by atoms with Crippen LogP contribution in [0.15, 0.2) is 11.6 Å². The fourth-order valence-corrected chi connectivity index (χ4v) is 2.10. The van der Waals surface area contributed by atoms with Crippen LogP contribution in [-0.4, -0.2) is 10.9 Å². The Bertz CT molecular complexity index is 264. The fourth-order valence-electron chi connectivity index (χ4n) is 2.10. The van der Waals surface area contributed by atoms with Gasteiger partial charge >= 0.3 is 0 Å². The molecule has 1 saturated carbocycles. The quantitative estimate of drug-likeness (QED) is 0.605. The van der Waals surface area contributed by atoms with Crippen molar-refractivity contribution in [2.45, 2.75) is 32.1 Å². The van der Waals surface area contributed by atoms with Crippen LogP contribution in [0.1, 0.15) is 32.1 Å². The third kappa shape index (κ3) is 0.958. The second-order valence-corrected chi connectivity index (χ2v) is 3.89. The highest BCUT2D eigenvalue weighted by Crippen LogP contribution is 2.51. The zero-order chi connectivity index (χ0) is 8.77. The van der Waals surface area contributed by atoms with Crippen LogP contribution in [0.3, 0.4) is 0 Å². The van der Waals surface area contributed by atoms with Crippen molar-refractivity contribution in [2.75, 3.05) is 0 Å². The van der Waals surface area contributed by atoms with E-state index >= 15 is 0 Å². The molecule has 2 rings (SSSR count). The van der Waals surface area contributed by atoms with Crippen molar-refractivity contribution >= 4 is 5.78 Å². The molecule has 1 fully saturated rings. The standard InChI is InChI=1S/C9H11FO2/c10-8-6(11)4-9(2-1-3-9)5-7(8)12/h11H,1-5H2. The number of aliphatic hydroxyl groups is 1. The number of aliphatic hydroxyl groups excluding tert-OH is 1. The summed E-state index contributed by atoms with van der Waals surface area (Å²) in [5.74, 6) is -1.75. The predicted molar refractivity (Wildman–Crippen MR) is 41.3 cm³/mol. The Balaban J connectivity index is 2.25. The van der Waals surface area contributed by atoms with Crippen molar-refractivity contribution in [1.29, 1.82) is 0 Å². The fraction of sp³-hybridized carbons (Fsp3) is 0.667. The van der Waals surface area contributed by atoms with Crippen molar-refractivity contribution in [3.05, 3.63) is 11.6 Å². The number of Topliss-reactive ketones (excluding diaryl/α,β-unsaturated/α-hetero) is 1. The van der Waals surface area contributed by atoms with Gasteiger partial charge in [-0.2, -0.15) is 4.39 Å². The predicted octanol–water partition coefficient (Wildman–Crippen LogP) is 2.26. The molecular weight excluding hydrogens is 159 g/mol. The number of rotatable bonds is 0. The Labute approximate surface area is 70.1 Å². The lowest BCUT2D eigenvalue weighted by Crippen LogP contribution is -2.36. The van der Waals surface area contributed by atoms with Gasteiger partial charge in [0.1, 0.15) is 5.76 Å². The van der Waals surface area contributed by atoms with Gasteiger partial charge in [0, 0.05) is 12.8 Å². The third-order valence-corrected chi connectivity index (χ3v) is 2.99. The summed E-state index contributed by atoms with van der Waals surface area (Å²) < 4.78 is 12.8. The van der Waals surface area contributed by atoms with E-state index in [1.165, 1.54) is 0 Å². The molecule has 0 radical (unpaired) electrons. The van der Waals surface area contributed by atoms with Crippen LogP contribution in [0, 0.1) is 5.41 Å². The van der Waals surface area contributed by atoms with E-state index in [1.54, 1.807) is 0 Å². The minimum Gasteiger partial charge on any atom is -0.509 e. The second kappa shape index (κ2) is 2.31. The average molecular weight is 170 g/mol. The monoisotopic (exact) mass is 170 g/mol. The molecule has 3 heteroatoms. The highest BCUT2D eigenvalue weighted by molar-refractivity contribution is 5.95. The summed E-state index contributed by atoms with van der Waals surface area (Å²) in [6.07, 6.45) is 3.67. The maximum absolute atomic E-state index is 12.8. The maximum Gasteiger partial charge on any atom is 0.203 e. The van der Waals surface area contributed by atoms with Gasteiger partial charge in [-0.15, -0.1) is 0 Å². The molecule has 66 valence electrons. The largest absolute Gasteiger partial charge is 0.509 e. The van der Waals surface area contributed by atoms with E-state index < -0.39 is 11.6 Å². The molecule has 2 nitrogen and oxygen atoms in total. The molecule has 2 aliphatic rings. The Morgan fingerprint density at radius 2 is 2.00 bits per heavy atom. The molecule has 1 spiro atoms. The molecule has 0 aliphatic heterocycles. The van der Waals surface area contributed by atoms with Crippen LogP contribution < -0.4 is 0 Å². The van der Waals surface area contributed by atoms with E-state index in [0.29, 0.717) is 12.8 Å². The first-order chi connectivity index (χ1) is 5.63. The smallest absolute Gasteiger partial charge is 0.203 e. The summed E-state index contributed by atoms with van der Waals surface area (Å²) in [5, 5.41) is 9.13. The van der Waals surface area contributed by atoms with Gasteiger partial charge in [-0.05, 0) is 18.3 Å². The number of hydrogen-bond donors (Lipinski definition) is 1. The second-order valence-electron chi connectivity index (χ2n) is 3.89. The molecule has 0 atom stereocenters. The Morgan fingerprint density at radius 3 is 2.42 bits per heavy atom. The average Bonchev–Trinajstić information content (AvgIpc) is 1.96. The molecule has 2 aliphatic carbocycles. The number of allylic oxidation sites excluding steroid dienone is 2. The molecule has 0 bridgehead atoms. The first-order valence-corrected chi connectivity index (χ1v) is 4.24. The summed E-state index contributed by atoms with van der Waals surface area (Å²) in [6.45, 7) is 0. The van der Waals surface area contributed by atoms with E-state index in [-0.39, 0.29) is 11.2 Å². The zero-order valence-electron chi connectivity index (χ0n) is 6.77. The van der Waals surface area contributed by atoms with Crippen LogP contribution in [0.25, 0.3) is 0 Å². The number of carbonyl (C=O) groups excluding carboxylic acids is 1. The van der Waals surface area contributed by atoms with E-state index in [9.17, 15) is 9.18 Å². The number of hydrogen-bond acceptors (Lipinski definition) is 2. The highest BCUT2D eigenvalue weighted by atomic mass is 19.1. The number of ketones is 1. The van der Waals surface area contributed by atoms with E-state index in [0.717, 1.165) is 19.3 Å².